The van der Waals surface area contributed by atoms with Gasteiger partial charge in [0, 0.05) is 6.04 Å². The maximum absolute atomic E-state index is 6.18. The molecule has 0 aliphatic carbocycles. The average Bonchev–Trinajstić information content (AvgIpc) is 2.27. The van der Waals surface area contributed by atoms with Crippen molar-refractivity contribution < 1.29 is 0 Å². The quantitative estimate of drug-likeness (QED) is 0.819. The highest BCUT2D eigenvalue weighted by atomic mass is 14.7. The van der Waals surface area contributed by atoms with E-state index >= 15 is 0 Å². The highest BCUT2D eigenvalue weighted by molar-refractivity contribution is 5.22. The summed E-state index contributed by atoms with van der Waals surface area (Å²) in [7, 11) is 0. The average molecular weight is 233 g/mol. The van der Waals surface area contributed by atoms with Crippen LogP contribution in [0, 0.1) is 5.41 Å². The molecule has 1 heteroatoms. The van der Waals surface area contributed by atoms with Gasteiger partial charge in [0.05, 0.1) is 0 Å². The molecule has 0 fully saturated rings. The van der Waals surface area contributed by atoms with Crippen molar-refractivity contribution in [3.05, 3.63) is 35.4 Å². The largest absolute Gasteiger partial charge is 0.327 e. The monoisotopic (exact) mass is 233 g/mol. The van der Waals surface area contributed by atoms with E-state index < -0.39 is 0 Å². The maximum atomic E-state index is 6.18. The van der Waals surface area contributed by atoms with Gasteiger partial charge in [0.2, 0.25) is 0 Å². The molecule has 2 N–H and O–H groups in total. The Hall–Kier alpha value is -0.820. The molecule has 0 aromatic heterocycles. The Bertz CT molecular complexity index is 318. The van der Waals surface area contributed by atoms with Crippen molar-refractivity contribution in [2.75, 3.05) is 0 Å². The SMILES string of the molecule is CCCc1ccc(CCC(N)C(C)(C)C)cc1. The van der Waals surface area contributed by atoms with Gasteiger partial charge < -0.3 is 5.73 Å². The molecule has 0 saturated heterocycles. The Morgan fingerprint density at radius 3 is 1.88 bits per heavy atom. The Balaban J connectivity index is 2.47. The second-order valence-corrected chi connectivity index (χ2v) is 6.08. The zero-order valence-electron chi connectivity index (χ0n) is 11.8. The predicted molar refractivity (Wildman–Crippen MR) is 76.2 cm³/mol. The fourth-order valence-corrected chi connectivity index (χ4v) is 1.92. The molecule has 1 aromatic rings. The zero-order valence-corrected chi connectivity index (χ0v) is 11.8. The molecule has 1 unspecified atom stereocenters. The van der Waals surface area contributed by atoms with Gasteiger partial charge in [-0.3, -0.25) is 0 Å². The van der Waals surface area contributed by atoms with Crippen molar-refractivity contribution >= 4 is 0 Å². The summed E-state index contributed by atoms with van der Waals surface area (Å²) < 4.78 is 0. The Morgan fingerprint density at radius 2 is 1.47 bits per heavy atom. The lowest BCUT2D eigenvalue weighted by Gasteiger charge is -2.27. The van der Waals surface area contributed by atoms with Crippen molar-refractivity contribution in [1.82, 2.24) is 0 Å². The molecule has 0 aliphatic rings. The van der Waals surface area contributed by atoms with Crippen LogP contribution >= 0.6 is 0 Å². The van der Waals surface area contributed by atoms with Crippen molar-refractivity contribution in [2.45, 2.75) is 59.4 Å². The van der Waals surface area contributed by atoms with Crippen LogP contribution in [0.1, 0.15) is 51.7 Å². The normalized spacial score (nSPS) is 13.7. The minimum absolute atomic E-state index is 0.210. The molecule has 0 bridgehead atoms. The van der Waals surface area contributed by atoms with Crippen LogP contribution in [0.2, 0.25) is 0 Å². The second-order valence-electron chi connectivity index (χ2n) is 6.08. The molecule has 0 aliphatic heterocycles. The second kappa shape index (κ2) is 6.20. The van der Waals surface area contributed by atoms with E-state index in [0.29, 0.717) is 0 Å². The molecule has 17 heavy (non-hydrogen) atoms. The fraction of sp³-hybridized carbons (Fsp3) is 0.625. The van der Waals surface area contributed by atoms with Crippen molar-refractivity contribution in [1.29, 1.82) is 0 Å². The molecule has 0 amide bonds. The highest BCUT2D eigenvalue weighted by Crippen LogP contribution is 2.21. The minimum Gasteiger partial charge on any atom is -0.327 e. The van der Waals surface area contributed by atoms with Gasteiger partial charge in [-0.15, -0.1) is 0 Å². The van der Waals surface area contributed by atoms with E-state index in [1.165, 1.54) is 24.0 Å². The molecule has 0 saturated carbocycles. The molecule has 1 atom stereocenters. The van der Waals surface area contributed by atoms with Gasteiger partial charge in [-0.1, -0.05) is 58.4 Å². The summed E-state index contributed by atoms with van der Waals surface area (Å²) in [5.74, 6) is 0. The lowest BCUT2D eigenvalue weighted by molar-refractivity contribution is 0.306. The van der Waals surface area contributed by atoms with Crippen molar-refractivity contribution in [2.24, 2.45) is 11.1 Å². The lowest BCUT2D eigenvalue weighted by Crippen LogP contribution is -2.35. The molecule has 0 radical (unpaired) electrons. The van der Waals surface area contributed by atoms with E-state index in [2.05, 4.69) is 52.0 Å². The standard InChI is InChI=1S/C16H27N/c1-5-6-13-7-9-14(10-8-13)11-12-15(17)16(2,3)4/h7-10,15H,5-6,11-12,17H2,1-4H3. The number of hydrogen-bond donors (Lipinski definition) is 1. The summed E-state index contributed by atoms with van der Waals surface area (Å²) in [5.41, 5.74) is 9.23. The Labute approximate surface area is 106 Å². The van der Waals surface area contributed by atoms with E-state index in [0.717, 1.165) is 12.8 Å². The van der Waals surface area contributed by atoms with E-state index in [1.54, 1.807) is 0 Å². The summed E-state index contributed by atoms with van der Waals surface area (Å²) in [6.07, 6.45) is 4.55. The van der Waals surface area contributed by atoms with Gasteiger partial charge in [0.15, 0.2) is 0 Å². The number of benzene rings is 1. The van der Waals surface area contributed by atoms with Crippen molar-refractivity contribution in [3.63, 3.8) is 0 Å². The van der Waals surface area contributed by atoms with Crippen LogP contribution in [-0.2, 0) is 12.8 Å². The van der Waals surface area contributed by atoms with Crippen LogP contribution in [0.5, 0.6) is 0 Å². The van der Waals surface area contributed by atoms with Gasteiger partial charge in [-0.2, -0.15) is 0 Å². The molecule has 1 rings (SSSR count). The van der Waals surface area contributed by atoms with Gasteiger partial charge >= 0.3 is 0 Å². The molecule has 96 valence electrons. The third-order valence-corrected chi connectivity index (χ3v) is 3.42. The minimum atomic E-state index is 0.210. The predicted octanol–water partition coefficient (Wildman–Crippen LogP) is 3.95. The first-order valence-electron chi connectivity index (χ1n) is 6.77. The van der Waals surface area contributed by atoms with Gasteiger partial charge in [-0.05, 0) is 35.8 Å². The van der Waals surface area contributed by atoms with Crippen molar-refractivity contribution in [3.8, 4) is 0 Å². The number of hydrogen-bond acceptors (Lipinski definition) is 1. The topological polar surface area (TPSA) is 26.0 Å². The fourth-order valence-electron chi connectivity index (χ4n) is 1.92. The first-order chi connectivity index (χ1) is 7.93. The van der Waals surface area contributed by atoms with Gasteiger partial charge in [0.1, 0.15) is 0 Å². The Morgan fingerprint density at radius 1 is 1.00 bits per heavy atom. The molecule has 0 spiro atoms. The van der Waals surface area contributed by atoms with Crippen LogP contribution < -0.4 is 5.73 Å². The maximum Gasteiger partial charge on any atom is 0.00908 e. The molecular formula is C16H27N. The van der Waals surface area contributed by atoms with Crippen LogP contribution in [0.15, 0.2) is 24.3 Å². The first-order valence-corrected chi connectivity index (χ1v) is 6.77. The Kier molecular flexibility index (Phi) is 5.20. The highest BCUT2D eigenvalue weighted by Gasteiger charge is 2.19. The van der Waals surface area contributed by atoms with E-state index in [-0.39, 0.29) is 11.5 Å². The molecule has 0 heterocycles. The van der Waals surface area contributed by atoms with E-state index in [4.69, 9.17) is 5.73 Å². The van der Waals surface area contributed by atoms with Crippen LogP contribution in [0.4, 0.5) is 0 Å². The summed E-state index contributed by atoms with van der Waals surface area (Å²) in [6, 6.07) is 9.28. The number of rotatable bonds is 5. The smallest absolute Gasteiger partial charge is 0.00908 e. The number of aryl methyl sites for hydroxylation is 2. The molecular weight excluding hydrogens is 206 g/mol. The zero-order chi connectivity index (χ0) is 12.9. The van der Waals surface area contributed by atoms with Gasteiger partial charge in [0.25, 0.3) is 0 Å². The van der Waals surface area contributed by atoms with Gasteiger partial charge in [-0.25, -0.2) is 0 Å². The first kappa shape index (κ1) is 14.2. The summed E-state index contributed by atoms with van der Waals surface area (Å²) in [4.78, 5) is 0. The third-order valence-electron chi connectivity index (χ3n) is 3.42. The van der Waals surface area contributed by atoms with E-state index in [9.17, 15) is 0 Å². The van der Waals surface area contributed by atoms with Crippen LogP contribution in [-0.4, -0.2) is 6.04 Å². The third kappa shape index (κ3) is 4.91. The molecule has 1 aromatic carbocycles. The van der Waals surface area contributed by atoms with Crippen LogP contribution in [0.3, 0.4) is 0 Å². The lowest BCUT2D eigenvalue weighted by atomic mass is 9.84. The number of nitrogens with two attached hydrogens (primary N) is 1. The van der Waals surface area contributed by atoms with E-state index in [1.807, 2.05) is 0 Å². The summed E-state index contributed by atoms with van der Waals surface area (Å²) in [5, 5.41) is 0. The van der Waals surface area contributed by atoms with Crippen LogP contribution in [0.25, 0.3) is 0 Å². The molecule has 1 nitrogen and oxygen atoms in total. The summed E-state index contributed by atoms with van der Waals surface area (Å²) >= 11 is 0. The summed E-state index contributed by atoms with van der Waals surface area (Å²) in [6.45, 7) is 8.85.